The largest absolute Gasteiger partial charge is 1.00 e. The van der Waals surface area contributed by atoms with Crippen LogP contribution in [0.25, 0.3) is 0 Å². The third-order valence-corrected chi connectivity index (χ3v) is 0.167. The molecule has 0 aromatic heterocycles. The molecule has 0 saturated heterocycles. The van der Waals surface area contributed by atoms with Crippen molar-refractivity contribution in [2.75, 3.05) is 0 Å². The van der Waals surface area contributed by atoms with Gasteiger partial charge in [-0.3, -0.25) is 0 Å². The number of rotatable bonds is 1. The van der Waals surface area contributed by atoms with Crippen LogP contribution in [0.1, 0.15) is 0 Å². The molecule has 0 atom stereocenters. The summed E-state index contributed by atoms with van der Waals surface area (Å²) < 4.78 is 0. The first-order valence-corrected chi connectivity index (χ1v) is 1.11. The third-order valence-electron chi connectivity index (χ3n) is 0.167. The Morgan fingerprint density at radius 2 is 2.00 bits per heavy atom. The van der Waals surface area contributed by atoms with Crippen LogP contribution < -0.4 is 34.7 Å². The molecule has 0 saturated carbocycles. The van der Waals surface area contributed by atoms with Crippen molar-refractivity contribution in [2.45, 2.75) is 0 Å². The molecular formula is C3H3NaO2. The van der Waals surface area contributed by atoms with Crippen LogP contribution in [0.15, 0.2) is 12.7 Å². The van der Waals surface area contributed by atoms with Gasteiger partial charge in [0.25, 0.3) is 0 Å². The van der Waals surface area contributed by atoms with E-state index in [2.05, 4.69) is 6.58 Å². The van der Waals surface area contributed by atoms with Crippen molar-refractivity contribution in [1.82, 2.24) is 0 Å². The molecule has 0 aromatic rings. The Morgan fingerprint density at radius 1 is 1.83 bits per heavy atom. The zero-order valence-electron chi connectivity index (χ0n) is 3.60. The number of carbonyl (C=O) groups is 1. The summed E-state index contributed by atoms with van der Waals surface area (Å²) in [6.07, 6.45) is 0.722. The maximum atomic E-state index is 9.14. The molecule has 0 aromatic carbocycles. The van der Waals surface area contributed by atoms with E-state index in [1.807, 2.05) is 0 Å². The standard InChI is InChI=1S/C3H4O2.Na/c1-2-3(4)5;/h2H,1H2,(H,4,5);/q;+1/p-1. The molecule has 0 N–H and O–H groups in total. The van der Waals surface area contributed by atoms with E-state index in [-0.39, 0.29) is 29.6 Å². The second-order valence-corrected chi connectivity index (χ2v) is 0.523. The van der Waals surface area contributed by atoms with E-state index in [0.29, 0.717) is 0 Å². The van der Waals surface area contributed by atoms with E-state index in [4.69, 9.17) is 9.90 Å². The first-order chi connectivity index (χ1) is 2.27. The Labute approximate surface area is 58.1 Å². The van der Waals surface area contributed by atoms with Crippen molar-refractivity contribution in [3.8, 4) is 0 Å². The van der Waals surface area contributed by atoms with E-state index in [9.17, 15) is 0 Å². The first kappa shape index (κ1) is 9.51. The molecule has 0 bridgehead atoms. The summed E-state index contributed by atoms with van der Waals surface area (Å²) in [6, 6.07) is 0. The molecule has 28 valence electrons. The minimum atomic E-state index is -1.23. The number of carbonyl (C=O) groups excluding carboxylic acids is 1. The molecule has 0 fully saturated rings. The second kappa shape index (κ2) is 5.21. The van der Waals surface area contributed by atoms with Crippen molar-refractivity contribution in [1.29, 1.82) is 0 Å². The van der Waals surface area contributed by atoms with Crippen LogP contribution in [0.2, 0.25) is 0 Å². The number of carboxylic acid groups (broad SMARTS) is 1. The minimum absolute atomic E-state index is 0. The van der Waals surface area contributed by atoms with Gasteiger partial charge in [0, 0.05) is 0 Å². The number of carboxylic acids is 1. The van der Waals surface area contributed by atoms with Crippen LogP contribution >= 0.6 is 0 Å². The summed E-state index contributed by atoms with van der Waals surface area (Å²) in [4.78, 5) is 9.14. The topological polar surface area (TPSA) is 40.1 Å². The average molecular weight is 94.0 g/mol. The summed E-state index contributed by atoms with van der Waals surface area (Å²) >= 11 is 0. The van der Waals surface area contributed by atoms with E-state index < -0.39 is 5.97 Å². The molecule has 0 aliphatic heterocycles. The summed E-state index contributed by atoms with van der Waals surface area (Å²) in [5.74, 6) is -1.23. The molecule has 2 nitrogen and oxygen atoms in total. The molecule has 3 heteroatoms. The van der Waals surface area contributed by atoms with Gasteiger partial charge in [-0.2, -0.15) is 0 Å². The SMILES string of the molecule is C=CC(=O)[O-].[Na+]. The maximum Gasteiger partial charge on any atom is 1.00 e. The van der Waals surface area contributed by atoms with Crippen molar-refractivity contribution >= 4 is 5.97 Å². The molecule has 0 aliphatic rings. The van der Waals surface area contributed by atoms with Crippen molar-refractivity contribution in [3.63, 3.8) is 0 Å². The van der Waals surface area contributed by atoms with Gasteiger partial charge < -0.3 is 9.90 Å². The predicted octanol–water partition coefficient (Wildman–Crippen LogP) is -4.07. The van der Waals surface area contributed by atoms with Crippen LogP contribution in [-0.4, -0.2) is 5.97 Å². The maximum absolute atomic E-state index is 9.14. The molecular weight excluding hydrogens is 91.0 g/mol. The smallest absolute Gasteiger partial charge is 0.545 e. The first-order valence-electron chi connectivity index (χ1n) is 1.11. The molecule has 0 aliphatic carbocycles. The molecule has 6 heavy (non-hydrogen) atoms. The Morgan fingerprint density at radius 3 is 2.00 bits per heavy atom. The predicted molar refractivity (Wildman–Crippen MR) is 15.2 cm³/mol. The summed E-state index contributed by atoms with van der Waals surface area (Å²) in [5.41, 5.74) is 0. The minimum Gasteiger partial charge on any atom is -0.545 e. The van der Waals surface area contributed by atoms with Crippen molar-refractivity contribution in [3.05, 3.63) is 12.7 Å². The van der Waals surface area contributed by atoms with Gasteiger partial charge in [0.1, 0.15) is 0 Å². The van der Waals surface area contributed by atoms with Gasteiger partial charge >= 0.3 is 29.6 Å². The van der Waals surface area contributed by atoms with Gasteiger partial charge in [-0.15, -0.1) is 0 Å². The Hall–Kier alpha value is 0.210. The Balaban J connectivity index is 0. The van der Waals surface area contributed by atoms with Gasteiger partial charge in [-0.05, 0) is 6.08 Å². The molecule has 0 amide bonds. The number of hydrogen-bond acceptors (Lipinski definition) is 2. The van der Waals surface area contributed by atoms with Crippen molar-refractivity contribution in [2.24, 2.45) is 0 Å². The monoisotopic (exact) mass is 94.0 g/mol. The molecule has 0 spiro atoms. The van der Waals surface area contributed by atoms with Gasteiger partial charge in [0.15, 0.2) is 0 Å². The normalized spacial score (nSPS) is 5.33. The van der Waals surface area contributed by atoms with E-state index in [0.717, 1.165) is 6.08 Å². The molecule has 0 radical (unpaired) electrons. The zero-order chi connectivity index (χ0) is 4.28. The van der Waals surface area contributed by atoms with Crippen LogP contribution in [0.5, 0.6) is 0 Å². The van der Waals surface area contributed by atoms with E-state index in [1.165, 1.54) is 0 Å². The molecule has 0 rings (SSSR count). The second-order valence-electron chi connectivity index (χ2n) is 0.523. The molecule has 0 heterocycles. The van der Waals surface area contributed by atoms with Crippen LogP contribution in [0.4, 0.5) is 0 Å². The van der Waals surface area contributed by atoms with E-state index >= 15 is 0 Å². The average Bonchev–Trinajstić information content (AvgIpc) is 1.38. The Bertz CT molecular complexity index is 59.8. The fourth-order valence-electron chi connectivity index (χ4n) is 0. The number of hydrogen-bond donors (Lipinski definition) is 0. The summed E-state index contributed by atoms with van der Waals surface area (Å²) in [7, 11) is 0. The van der Waals surface area contributed by atoms with E-state index in [1.54, 1.807) is 0 Å². The number of aliphatic carboxylic acids is 1. The summed E-state index contributed by atoms with van der Waals surface area (Å²) in [5, 5.41) is 9.14. The van der Waals surface area contributed by atoms with Gasteiger partial charge in [0.2, 0.25) is 0 Å². The Kier molecular flexibility index (Phi) is 8.26. The van der Waals surface area contributed by atoms with Crippen molar-refractivity contribution < 1.29 is 39.5 Å². The van der Waals surface area contributed by atoms with Gasteiger partial charge in [0.05, 0.1) is 5.97 Å². The van der Waals surface area contributed by atoms with Gasteiger partial charge in [-0.25, -0.2) is 0 Å². The van der Waals surface area contributed by atoms with Crippen LogP contribution in [-0.2, 0) is 4.79 Å². The summed E-state index contributed by atoms with van der Waals surface area (Å²) in [6.45, 7) is 2.90. The quantitative estimate of drug-likeness (QED) is 0.245. The molecule has 0 unspecified atom stereocenters. The zero-order valence-corrected chi connectivity index (χ0v) is 5.60. The van der Waals surface area contributed by atoms with Gasteiger partial charge in [-0.1, -0.05) is 6.58 Å². The van der Waals surface area contributed by atoms with Crippen LogP contribution in [0.3, 0.4) is 0 Å². The fraction of sp³-hybridized carbons (Fsp3) is 0. The third kappa shape index (κ3) is 8.88. The fourth-order valence-corrected chi connectivity index (χ4v) is 0. The van der Waals surface area contributed by atoms with Crippen LogP contribution in [0, 0.1) is 0 Å².